The number of aryl methyl sites for hydroxylation is 2. The number of thiophene rings is 1. The van der Waals surface area contributed by atoms with Crippen LogP contribution in [0.25, 0.3) is 0 Å². The van der Waals surface area contributed by atoms with E-state index in [0.717, 1.165) is 29.6 Å². The Hall–Kier alpha value is -0.650. The van der Waals surface area contributed by atoms with Gasteiger partial charge in [-0.3, -0.25) is 4.68 Å². The quantitative estimate of drug-likeness (QED) is 0.873. The number of aromatic nitrogens is 2. The second-order valence-corrected chi connectivity index (χ2v) is 6.34. The monoisotopic (exact) mass is 341 g/mol. The molecule has 0 spiro atoms. The number of likely N-dealkylation sites (N-methyl/N-ethyl adjacent to an activating group) is 1. The number of halogens is 1. The molecule has 3 nitrogen and oxygen atoms in total. The molecule has 5 heteroatoms. The Morgan fingerprint density at radius 2 is 2.26 bits per heavy atom. The molecule has 0 fully saturated rings. The van der Waals surface area contributed by atoms with Crippen molar-refractivity contribution in [3.63, 3.8) is 0 Å². The highest BCUT2D eigenvalue weighted by atomic mass is 79.9. The first-order valence-corrected chi connectivity index (χ1v) is 8.27. The van der Waals surface area contributed by atoms with Crippen molar-refractivity contribution in [1.82, 2.24) is 15.1 Å². The van der Waals surface area contributed by atoms with Crippen LogP contribution in [-0.2, 0) is 19.9 Å². The number of nitrogens with one attached hydrogen (secondary N) is 1. The zero-order valence-corrected chi connectivity index (χ0v) is 14.0. The van der Waals surface area contributed by atoms with E-state index in [0.29, 0.717) is 6.04 Å². The van der Waals surface area contributed by atoms with Crippen LogP contribution in [0.4, 0.5) is 0 Å². The summed E-state index contributed by atoms with van der Waals surface area (Å²) in [6, 6.07) is 2.66. The van der Waals surface area contributed by atoms with Crippen LogP contribution in [0.1, 0.15) is 23.9 Å². The molecular weight excluding hydrogens is 322 g/mol. The standard InChI is InChI=1S/C14H20BrN3S/c1-4-16-12(7-11-5-6-19-9-11)8-13-14(15)10(2)17-18(13)3/h5-6,9,12,16H,4,7-8H2,1-3H3. The summed E-state index contributed by atoms with van der Waals surface area (Å²) >= 11 is 5.41. The van der Waals surface area contributed by atoms with Gasteiger partial charge in [0.05, 0.1) is 15.9 Å². The minimum atomic E-state index is 0.450. The molecule has 2 aromatic heterocycles. The van der Waals surface area contributed by atoms with E-state index in [9.17, 15) is 0 Å². The molecule has 0 saturated carbocycles. The average molecular weight is 342 g/mol. The molecule has 2 aromatic rings. The van der Waals surface area contributed by atoms with Gasteiger partial charge in [-0.25, -0.2) is 0 Å². The molecular formula is C14H20BrN3S. The second kappa shape index (κ2) is 6.68. The smallest absolute Gasteiger partial charge is 0.0738 e. The highest BCUT2D eigenvalue weighted by Gasteiger charge is 2.16. The van der Waals surface area contributed by atoms with Crippen LogP contribution in [-0.4, -0.2) is 22.4 Å². The predicted octanol–water partition coefficient (Wildman–Crippen LogP) is 3.32. The fraction of sp³-hybridized carbons (Fsp3) is 0.500. The van der Waals surface area contributed by atoms with E-state index in [1.807, 2.05) is 18.7 Å². The normalized spacial score (nSPS) is 12.8. The van der Waals surface area contributed by atoms with Crippen LogP contribution in [0.5, 0.6) is 0 Å². The van der Waals surface area contributed by atoms with Crippen molar-refractivity contribution in [2.45, 2.75) is 32.7 Å². The molecule has 104 valence electrons. The van der Waals surface area contributed by atoms with Gasteiger partial charge < -0.3 is 5.32 Å². The zero-order chi connectivity index (χ0) is 13.8. The van der Waals surface area contributed by atoms with Crippen LogP contribution >= 0.6 is 27.3 Å². The first-order chi connectivity index (χ1) is 9.11. The summed E-state index contributed by atoms with van der Waals surface area (Å²) in [5.41, 5.74) is 3.73. The molecule has 0 amide bonds. The van der Waals surface area contributed by atoms with Crippen molar-refractivity contribution >= 4 is 27.3 Å². The van der Waals surface area contributed by atoms with Crippen molar-refractivity contribution < 1.29 is 0 Å². The van der Waals surface area contributed by atoms with E-state index in [2.05, 4.69) is 50.1 Å². The SMILES string of the molecule is CCNC(Cc1ccsc1)Cc1c(Br)c(C)nn1C. The lowest BCUT2D eigenvalue weighted by Crippen LogP contribution is -2.33. The van der Waals surface area contributed by atoms with Gasteiger partial charge in [-0.15, -0.1) is 0 Å². The summed E-state index contributed by atoms with van der Waals surface area (Å²) in [6.07, 6.45) is 2.05. The Morgan fingerprint density at radius 3 is 2.79 bits per heavy atom. The lowest BCUT2D eigenvalue weighted by Gasteiger charge is -2.17. The lowest BCUT2D eigenvalue weighted by molar-refractivity contribution is 0.504. The molecule has 0 saturated heterocycles. The largest absolute Gasteiger partial charge is 0.314 e. The van der Waals surface area contributed by atoms with Crippen molar-refractivity contribution in [3.8, 4) is 0 Å². The number of nitrogens with zero attached hydrogens (tertiary/aromatic N) is 2. The Bertz CT molecular complexity index is 519. The molecule has 0 radical (unpaired) electrons. The fourth-order valence-electron chi connectivity index (χ4n) is 2.33. The summed E-state index contributed by atoms with van der Waals surface area (Å²) < 4.78 is 3.13. The first-order valence-electron chi connectivity index (χ1n) is 6.54. The van der Waals surface area contributed by atoms with Gasteiger partial charge >= 0.3 is 0 Å². The van der Waals surface area contributed by atoms with Crippen LogP contribution in [0.15, 0.2) is 21.3 Å². The van der Waals surface area contributed by atoms with Gasteiger partial charge in [-0.2, -0.15) is 16.4 Å². The molecule has 19 heavy (non-hydrogen) atoms. The van der Waals surface area contributed by atoms with E-state index in [4.69, 9.17) is 0 Å². The lowest BCUT2D eigenvalue weighted by atomic mass is 10.0. The Labute approximate surface area is 127 Å². The van der Waals surface area contributed by atoms with Gasteiger partial charge in [-0.05, 0) is 58.2 Å². The van der Waals surface area contributed by atoms with Gasteiger partial charge in [0.2, 0.25) is 0 Å². The minimum absolute atomic E-state index is 0.450. The van der Waals surface area contributed by atoms with Gasteiger partial charge in [0.15, 0.2) is 0 Å². The summed E-state index contributed by atoms with van der Waals surface area (Å²) in [4.78, 5) is 0. The van der Waals surface area contributed by atoms with Crippen LogP contribution in [0.2, 0.25) is 0 Å². The highest BCUT2D eigenvalue weighted by Crippen LogP contribution is 2.22. The molecule has 2 rings (SSSR count). The summed E-state index contributed by atoms with van der Waals surface area (Å²) in [7, 11) is 2.01. The van der Waals surface area contributed by atoms with E-state index < -0.39 is 0 Å². The zero-order valence-electron chi connectivity index (χ0n) is 11.6. The van der Waals surface area contributed by atoms with Crippen molar-refractivity contribution in [3.05, 3.63) is 38.3 Å². The van der Waals surface area contributed by atoms with E-state index in [1.165, 1.54) is 11.3 Å². The maximum Gasteiger partial charge on any atom is 0.0738 e. The molecule has 0 aliphatic heterocycles. The maximum atomic E-state index is 4.46. The van der Waals surface area contributed by atoms with Gasteiger partial charge in [0, 0.05) is 19.5 Å². The summed E-state index contributed by atoms with van der Waals surface area (Å²) in [5.74, 6) is 0. The van der Waals surface area contributed by atoms with E-state index >= 15 is 0 Å². The Morgan fingerprint density at radius 1 is 1.47 bits per heavy atom. The van der Waals surface area contributed by atoms with Crippen LogP contribution in [0, 0.1) is 6.92 Å². The topological polar surface area (TPSA) is 29.9 Å². The molecule has 0 aliphatic carbocycles. The molecule has 0 aromatic carbocycles. The fourth-order valence-corrected chi connectivity index (χ4v) is 3.51. The van der Waals surface area contributed by atoms with Gasteiger partial charge in [0.1, 0.15) is 0 Å². The highest BCUT2D eigenvalue weighted by molar-refractivity contribution is 9.10. The molecule has 2 heterocycles. The molecule has 1 N–H and O–H groups in total. The molecule has 1 unspecified atom stereocenters. The minimum Gasteiger partial charge on any atom is -0.314 e. The second-order valence-electron chi connectivity index (χ2n) is 4.76. The van der Waals surface area contributed by atoms with Crippen LogP contribution < -0.4 is 5.32 Å². The number of hydrogen-bond acceptors (Lipinski definition) is 3. The Kier molecular flexibility index (Phi) is 5.19. The van der Waals surface area contributed by atoms with Crippen LogP contribution in [0.3, 0.4) is 0 Å². The molecule has 0 aliphatic rings. The maximum absolute atomic E-state index is 4.46. The third-order valence-corrected chi connectivity index (χ3v) is 5.02. The summed E-state index contributed by atoms with van der Waals surface area (Å²) in [5, 5.41) is 12.4. The third kappa shape index (κ3) is 3.68. The molecule has 1 atom stereocenters. The van der Waals surface area contributed by atoms with Gasteiger partial charge in [-0.1, -0.05) is 6.92 Å². The van der Waals surface area contributed by atoms with Crippen molar-refractivity contribution in [2.75, 3.05) is 6.54 Å². The predicted molar refractivity (Wildman–Crippen MR) is 84.8 cm³/mol. The number of rotatable bonds is 6. The Balaban J connectivity index is 2.11. The average Bonchev–Trinajstić information content (AvgIpc) is 2.94. The summed E-state index contributed by atoms with van der Waals surface area (Å²) in [6.45, 7) is 5.18. The van der Waals surface area contributed by atoms with E-state index in [-0.39, 0.29) is 0 Å². The van der Waals surface area contributed by atoms with Gasteiger partial charge in [0.25, 0.3) is 0 Å². The molecule has 0 bridgehead atoms. The number of hydrogen-bond donors (Lipinski definition) is 1. The first kappa shape index (κ1) is 14.8. The third-order valence-electron chi connectivity index (χ3n) is 3.26. The van der Waals surface area contributed by atoms with Crippen molar-refractivity contribution in [1.29, 1.82) is 0 Å². The van der Waals surface area contributed by atoms with E-state index in [1.54, 1.807) is 11.3 Å². The van der Waals surface area contributed by atoms with Crippen molar-refractivity contribution in [2.24, 2.45) is 7.05 Å².